The van der Waals surface area contributed by atoms with E-state index in [0.29, 0.717) is 0 Å². The summed E-state index contributed by atoms with van der Waals surface area (Å²) in [4.78, 5) is 7.14. The van der Waals surface area contributed by atoms with Crippen LogP contribution < -0.4 is 5.32 Å². The van der Waals surface area contributed by atoms with Gasteiger partial charge in [0.05, 0.1) is 11.4 Å². The fourth-order valence-electron chi connectivity index (χ4n) is 4.04. The van der Waals surface area contributed by atoms with Crippen LogP contribution in [0.15, 0.2) is 6.20 Å². The van der Waals surface area contributed by atoms with Crippen LogP contribution in [0, 0.1) is 25.7 Å². The van der Waals surface area contributed by atoms with Crippen LogP contribution in [0.25, 0.3) is 4.96 Å². The molecule has 3 unspecified atom stereocenters. The quantitative estimate of drug-likeness (QED) is 0.931. The van der Waals surface area contributed by atoms with Crippen LogP contribution in [0.1, 0.15) is 41.9 Å². The smallest absolute Gasteiger partial charge is 0.194 e. The van der Waals surface area contributed by atoms with Crippen molar-refractivity contribution in [1.82, 2.24) is 14.7 Å². The van der Waals surface area contributed by atoms with Crippen LogP contribution in [0.3, 0.4) is 0 Å². The minimum absolute atomic E-state index is 0.753. The molecule has 2 aromatic heterocycles. The van der Waals surface area contributed by atoms with E-state index in [0.717, 1.165) is 29.4 Å². The monoisotopic (exact) mass is 275 g/mol. The standard InChI is InChI=1S/C15H21N3S/c1-9-8-18-14(10(2)17-15(18)19-9)7-16-13-6-11-3-4-12(13)5-11/h8,11-13,16H,3-7H2,1-2H3. The Balaban J connectivity index is 1.53. The first-order chi connectivity index (χ1) is 9.20. The molecule has 0 spiro atoms. The number of imidazole rings is 1. The van der Waals surface area contributed by atoms with E-state index in [1.54, 1.807) is 11.3 Å². The molecule has 0 aromatic carbocycles. The number of thiazole rings is 1. The van der Waals surface area contributed by atoms with E-state index >= 15 is 0 Å². The van der Waals surface area contributed by atoms with Gasteiger partial charge in [0.15, 0.2) is 4.96 Å². The molecule has 2 aliphatic carbocycles. The summed E-state index contributed by atoms with van der Waals surface area (Å²) in [7, 11) is 0. The number of aryl methyl sites for hydroxylation is 2. The summed E-state index contributed by atoms with van der Waals surface area (Å²) in [6, 6.07) is 0.753. The average Bonchev–Trinajstić information content (AvgIpc) is 3.08. The highest BCUT2D eigenvalue weighted by molar-refractivity contribution is 7.17. The molecule has 0 aliphatic heterocycles. The van der Waals surface area contributed by atoms with Crippen LogP contribution in [0.4, 0.5) is 0 Å². The Labute approximate surface area is 118 Å². The lowest BCUT2D eigenvalue weighted by atomic mass is 9.95. The van der Waals surface area contributed by atoms with E-state index < -0.39 is 0 Å². The topological polar surface area (TPSA) is 29.3 Å². The number of hydrogen-bond acceptors (Lipinski definition) is 3. The number of rotatable bonds is 3. The Hall–Kier alpha value is -0.870. The van der Waals surface area contributed by atoms with Gasteiger partial charge in [0.1, 0.15) is 0 Å². The molecule has 3 nitrogen and oxygen atoms in total. The second kappa shape index (κ2) is 4.32. The first-order valence-corrected chi connectivity index (χ1v) is 8.19. The number of nitrogens with zero attached hydrogens (tertiary/aromatic N) is 2. The van der Waals surface area contributed by atoms with Gasteiger partial charge in [-0.25, -0.2) is 4.98 Å². The predicted octanol–water partition coefficient (Wildman–Crippen LogP) is 3.29. The Bertz CT molecular complexity index is 612. The zero-order chi connectivity index (χ0) is 13.0. The molecule has 0 amide bonds. The number of aromatic nitrogens is 2. The fraction of sp³-hybridized carbons (Fsp3) is 0.667. The van der Waals surface area contributed by atoms with Crippen molar-refractivity contribution in [1.29, 1.82) is 0 Å². The first kappa shape index (κ1) is 11.9. The molecule has 2 bridgehead atoms. The fourth-order valence-corrected chi connectivity index (χ4v) is 4.93. The molecule has 2 heterocycles. The third kappa shape index (κ3) is 1.93. The van der Waals surface area contributed by atoms with Crippen molar-refractivity contribution in [2.24, 2.45) is 11.8 Å². The minimum atomic E-state index is 0.753. The molecule has 102 valence electrons. The minimum Gasteiger partial charge on any atom is -0.308 e. The molecule has 2 aliphatic rings. The van der Waals surface area contributed by atoms with Crippen LogP contribution in [0.5, 0.6) is 0 Å². The summed E-state index contributed by atoms with van der Waals surface area (Å²) in [5.74, 6) is 1.95. The third-order valence-electron chi connectivity index (χ3n) is 5.01. The molecular formula is C15H21N3S. The Morgan fingerprint density at radius 2 is 2.26 bits per heavy atom. The summed E-state index contributed by atoms with van der Waals surface area (Å²) in [6.45, 7) is 5.26. The maximum atomic E-state index is 4.67. The summed E-state index contributed by atoms with van der Waals surface area (Å²) in [5.41, 5.74) is 2.53. The molecule has 0 radical (unpaired) electrons. The van der Waals surface area contributed by atoms with Crippen molar-refractivity contribution in [2.75, 3.05) is 0 Å². The predicted molar refractivity (Wildman–Crippen MR) is 78.6 cm³/mol. The summed E-state index contributed by atoms with van der Waals surface area (Å²) in [5, 5.41) is 3.80. The van der Waals surface area contributed by atoms with Gasteiger partial charge in [-0.2, -0.15) is 0 Å². The number of nitrogens with one attached hydrogen (secondary N) is 1. The van der Waals surface area contributed by atoms with E-state index in [1.165, 1.54) is 41.9 Å². The molecular weight excluding hydrogens is 254 g/mol. The zero-order valence-corrected chi connectivity index (χ0v) is 12.5. The van der Waals surface area contributed by atoms with Crippen molar-refractivity contribution < 1.29 is 0 Å². The molecule has 4 heteroatoms. The lowest BCUT2D eigenvalue weighted by Crippen LogP contribution is -2.33. The van der Waals surface area contributed by atoms with E-state index in [1.807, 2.05) is 0 Å². The molecule has 3 atom stereocenters. The largest absolute Gasteiger partial charge is 0.308 e. The number of hydrogen-bond donors (Lipinski definition) is 1. The Morgan fingerprint density at radius 3 is 3.00 bits per heavy atom. The third-order valence-corrected chi connectivity index (χ3v) is 5.91. The summed E-state index contributed by atoms with van der Waals surface area (Å²) < 4.78 is 2.27. The van der Waals surface area contributed by atoms with Crippen molar-refractivity contribution in [3.05, 3.63) is 22.5 Å². The zero-order valence-electron chi connectivity index (χ0n) is 11.6. The van der Waals surface area contributed by atoms with E-state index in [9.17, 15) is 0 Å². The molecule has 4 rings (SSSR count). The SMILES string of the molecule is Cc1cn2c(CNC3CC4CCC3C4)c(C)nc2s1. The molecule has 19 heavy (non-hydrogen) atoms. The molecule has 2 saturated carbocycles. The van der Waals surface area contributed by atoms with Gasteiger partial charge in [-0.15, -0.1) is 11.3 Å². The van der Waals surface area contributed by atoms with E-state index in [2.05, 4.69) is 34.7 Å². The molecule has 1 N–H and O–H groups in total. The van der Waals surface area contributed by atoms with Crippen molar-refractivity contribution >= 4 is 16.3 Å². The maximum absolute atomic E-state index is 4.67. The summed E-state index contributed by atoms with van der Waals surface area (Å²) in [6.07, 6.45) is 8.01. The normalized spacial score (nSPS) is 29.7. The van der Waals surface area contributed by atoms with Gasteiger partial charge in [-0.3, -0.25) is 4.40 Å². The molecule has 2 fully saturated rings. The second-order valence-electron chi connectivity index (χ2n) is 6.30. The molecule has 2 aromatic rings. The van der Waals surface area contributed by atoms with Crippen LogP contribution >= 0.6 is 11.3 Å². The lowest BCUT2D eigenvalue weighted by Gasteiger charge is -2.22. The lowest BCUT2D eigenvalue weighted by molar-refractivity contribution is 0.349. The van der Waals surface area contributed by atoms with Gasteiger partial charge in [0, 0.05) is 23.7 Å². The van der Waals surface area contributed by atoms with Crippen molar-refractivity contribution in [2.45, 2.75) is 52.1 Å². The van der Waals surface area contributed by atoms with Gasteiger partial charge >= 0.3 is 0 Å². The van der Waals surface area contributed by atoms with E-state index in [4.69, 9.17) is 0 Å². The molecule has 0 saturated heterocycles. The maximum Gasteiger partial charge on any atom is 0.194 e. The van der Waals surface area contributed by atoms with Gasteiger partial charge < -0.3 is 5.32 Å². The van der Waals surface area contributed by atoms with Crippen molar-refractivity contribution in [3.63, 3.8) is 0 Å². The highest BCUT2D eigenvalue weighted by Crippen LogP contribution is 2.44. The average molecular weight is 275 g/mol. The van der Waals surface area contributed by atoms with Crippen LogP contribution in [-0.2, 0) is 6.54 Å². The van der Waals surface area contributed by atoms with E-state index in [-0.39, 0.29) is 0 Å². The van der Waals surface area contributed by atoms with Crippen LogP contribution in [-0.4, -0.2) is 15.4 Å². The Morgan fingerprint density at radius 1 is 1.37 bits per heavy atom. The highest BCUT2D eigenvalue weighted by Gasteiger charge is 2.39. The van der Waals surface area contributed by atoms with Gasteiger partial charge in [0.25, 0.3) is 0 Å². The van der Waals surface area contributed by atoms with Gasteiger partial charge in [-0.05, 0) is 44.9 Å². The van der Waals surface area contributed by atoms with Crippen LogP contribution in [0.2, 0.25) is 0 Å². The van der Waals surface area contributed by atoms with Gasteiger partial charge in [0.2, 0.25) is 0 Å². The number of fused-ring (bicyclic) bond motifs is 3. The second-order valence-corrected chi connectivity index (χ2v) is 7.51. The van der Waals surface area contributed by atoms with Crippen molar-refractivity contribution in [3.8, 4) is 0 Å². The highest BCUT2D eigenvalue weighted by atomic mass is 32.1. The Kier molecular flexibility index (Phi) is 2.71. The van der Waals surface area contributed by atoms with Gasteiger partial charge in [-0.1, -0.05) is 6.42 Å². The first-order valence-electron chi connectivity index (χ1n) is 7.38. The summed E-state index contributed by atoms with van der Waals surface area (Å²) >= 11 is 1.78.